The maximum atomic E-state index is 5.74. The van der Waals surface area contributed by atoms with Gasteiger partial charge in [-0.2, -0.15) is 0 Å². The second-order valence-electron chi connectivity index (χ2n) is 4.25. The number of aryl methyl sites for hydroxylation is 1. The van der Waals surface area contributed by atoms with E-state index in [9.17, 15) is 0 Å². The van der Waals surface area contributed by atoms with Crippen LogP contribution in [0.15, 0.2) is 53.4 Å². The van der Waals surface area contributed by atoms with Crippen LogP contribution in [0.1, 0.15) is 22.7 Å². The molecule has 3 N–H and O–H groups in total. The van der Waals surface area contributed by atoms with Gasteiger partial charge in [-0.1, -0.05) is 48.0 Å². The average Bonchev–Trinajstić information content (AvgIpc) is 2.42. The summed E-state index contributed by atoms with van der Waals surface area (Å²) in [6.45, 7) is 2.09. The normalized spacial score (nSPS) is 12.4. The maximum absolute atomic E-state index is 5.74. The molecule has 1 unspecified atom stereocenters. The zero-order valence-electron chi connectivity index (χ0n) is 10.7. The highest BCUT2D eigenvalue weighted by Gasteiger charge is 2.15. The van der Waals surface area contributed by atoms with Crippen molar-refractivity contribution in [2.24, 2.45) is 5.84 Å². The molecule has 2 nitrogen and oxygen atoms in total. The van der Waals surface area contributed by atoms with Gasteiger partial charge in [0, 0.05) is 4.90 Å². The Kier molecular flexibility index (Phi) is 4.42. The van der Waals surface area contributed by atoms with Crippen LogP contribution in [0, 0.1) is 6.92 Å². The summed E-state index contributed by atoms with van der Waals surface area (Å²) >= 11 is 1.74. The topological polar surface area (TPSA) is 38.0 Å². The van der Waals surface area contributed by atoms with E-state index in [-0.39, 0.29) is 6.04 Å². The number of benzene rings is 2. The van der Waals surface area contributed by atoms with Gasteiger partial charge in [-0.25, -0.2) is 5.43 Å². The van der Waals surface area contributed by atoms with Gasteiger partial charge in [-0.15, -0.1) is 11.8 Å². The lowest BCUT2D eigenvalue weighted by Crippen LogP contribution is -2.29. The van der Waals surface area contributed by atoms with Crippen molar-refractivity contribution in [2.75, 3.05) is 6.26 Å². The zero-order chi connectivity index (χ0) is 13.0. The fourth-order valence-corrected chi connectivity index (χ4v) is 2.67. The van der Waals surface area contributed by atoms with E-state index >= 15 is 0 Å². The van der Waals surface area contributed by atoms with Crippen molar-refractivity contribution in [1.29, 1.82) is 0 Å². The summed E-state index contributed by atoms with van der Waals surface area (Å²) in [7, 11) is 0. The first-order chi connectivity index (χ1) is 8.76. The van der Waals surface area contributed by atoms with Crippen molar-refractivity contribution >= 4 is 11.8 Å². The van der Waals surface area contributed by atoms with Crippen molar-refractivity contribution in [1.82, 2.24) is 5.43 Å². The first-order valence-corrected chi connectivity index (χ1v) is 7.14. The van der Waals surface area contributed by atoms with Crippen LogP contribution in [0.5, 0.6) is 0 Å². The van der Waals surface area contributed by atoms with Gasteiger partial charge < -0.3 is 0 Å². The van der Waals surface area contributed by atoms with Crippen LogP contribution in [-0.2, 0) is 0 Å². The minimum absolute atomic E-state index is 0.0363. The molecule has 94 valence electrons. The molecule has 18 heavy (non-hydrogen) atoms. The molecule has 0 radical (unpaired) electrons. The predicted molar refractivity (Wildman–Crippen MR) is 78.6 cm³/mol. The van der Waals surface area contributed by atoms with Crippen LogP contribution in [0.25, 0.3) is 0 Å². The highest BCUT2D eigenvalue weighted by molar-refractivity contribution is 7.98. The Labute approximate surface area is 113 Å². The summed E-state index contributed by atoms with van der Waals surface area (Å²) in [6.07, 6.45) is 2.08. The summed E-state index contributed by atoms with van der Waals surface area (Å²) < 4.78 is 0. The summed E-state index contributed by atoms with van der Waals surface area (Å²) in [5.41, 5.74) is 6.58. The molecule has 0 aliphatic heterocycles. The molecule has 0 aliphatic rings. The van der Waals surface area contributed by atoms with E-state index in [1.54, 1.807) is 11.8 Å². The molecular weight excluding hydrogens is 240 g/mol. The molecular formula is C15H18N2S. The summed E-state index contributed by atoms with van der Waals surface area (Å²) in [5.74, 6) is 5.74. The van der Waals surface area contributed by atoms with E-state index in [1.165, 1.54) is 21.6 Å². The Bertz CT molecular complexity index is 508. The van der Waals surface area contributed by atoms with Crippen molar-refractivity contribution in [3.05, 3.63) is 65.2 Å². The zero-order valence-corrected chi connectivity index (χ0v) is 11.5. The van der Waals surface area contributed by atoms with Crippen LogP contribution < -0.4 is 11.3 Å². The second-order valence-corrected chi connectivity index (χ2v) is 5.10. The molecule has 1 atom stereocenters. The van der Waals surface area contributed by atoms with Crippen molar-refractivity contribution < 1.29 is 0 Å². The molecule has 0 heterocycles. The third-order valence-electron chi connectivity index (χ3n) is 3.03. The second kappa shape index (κ2) is 6.05. The molecule has 0 aliphatic carbocycles. The minimum atomic E-state index is 0.0363. The van der Waals surface area contributed by atoms with Crippen LogP contribution in [0.3, 0.4) is 0 Å². The van der Waals surface area contributed by atoms with Gasteiger partial charge in [0.2, 0.25) is 0 Å². The van der Waals surface area contributed by atoms with Crippen LogP contribution in [-0.4, -0.2) is 6.26 Å². The Morgan fingerprint density at radius 1 is 1.06 bits per heavy atom. The summed E-state index contributed by atoms with van der Waals surface area (Å²) in [6, 6.07) is 16.9. The fraction of sp³-hybridized carbons (Fsp3) is 0.200. The van der Waals surface area contributed by atoms with Crippen molar-refractivity contribution in [3.8, 4) is 0 Å². The van der Waals surface area contributed by atoms with Gasteiger partial charge >= 0.3 is 0 Å². The number of hydrazine groups is 1. The SMILES string of the molecule is CSc1ccccc1C(NN)c1ccc(C)cc1. The number of nitrogens with two attached hydrogens (primary N) is 1. The third kappa shape index (κ3) is 2.75. The Balaban J connectivity index is 2.41. The van der Waals surface area contributed by atoms with Crippen molar-refractivity contribution in [3.63, 3.8) is 0 Å². The predicted octanol–water partition coefficient (Wildman–Crippen LogP) is 3.27. The molecule has 0 spiro atoms. The lowest BCUT2D eigenvalue weighted by molar-refractivity contribution is 0.628. The summed E-state index contributed by atoms with van der Waals surface area (Å²) in [4.78, 5) is 1.25. The first-order valence-electron chi connectivity index (χ1n) is 5.92. The van der Waals surface area contributed by atoms with Gasteiger partial charge in [0.15, 0.2) is 0 Å². The van der Waals surface area contributed by atoms with E-state index in [2.05, 4.69) is 61.1 Å². The van der Waals surface area contributed by atoms with Crippen molar-refractivity contribution in [2.45, 2.75) is 17.9 Å². The van der Waals surface area contributed by atoms with Gasteiger partial charge in [-0.05, 0) is 30.4 Å². The summed E-state index contributed by atoms with van der Waals surface area (Å²) in [5, 5.41) is 0. The molecule has 2 aromatic rings. The molecule has 0 saturated heterocycles. The molecule has 0 amide bonds. The van der Waals surface area contributed by atoms with E-state index in [0.717, 1.165) is 0 Å². The number of nitrogens with one attached hydrogen (secondary N) is 1. The monoisotopic (exact) mass is 258 g/mol. The quantitative estimate of drug-likeness (QED) is 0.502. The van der Waals surface area contributed by atoms with E-state index < -0.39 is 0 Å². The molecule has 0 fully saturated rings. The highest BCUT2D eigenvalue weighted by atomic mass is 32.2. The molecule has 2 aromatic carbocycles. The van der Waals surface area contributed by atoms with Gasteiger partial charge in [0.1, 0.15) is 0 Å². The number of hydrogen-bond donors (Lipinski definition) is 2. The smallest absolute Gasteiger partial charge is 0.0720 e. The average molecular weight is 258 g/mol. The first kappa shape index (κ1) is 13.1. The van der Waals surface area contributed by atoms with Crippen LogP contribution >= 0.6 is 11.8 Å². The number of hydrogen-bond acceptors (Lipinski definition) is 3. The van der Waals surface area contributed by atoms with Crippen LogP contribution in [0.2, 0.25) is 0 Å². The fourth-order valence-electron chi connectivity index (χ4n) is 2.03. The molecule has 2 rings (SSSR count). The van der Waals surface area contributed by atoms with Crippen LogP contribution in [0.4, 0.5) is 0 Å². The van der Waals surface area contributed by atoms with Gasteiger partial charge in [0.05, 0.1) is 6.04 Å². The van der Waals surface area contributed by atoms with Gasteiger partial charge in [0.25, 0.3) is 0 Å². The minimum Gasteiger partial charge on any atom is -0.271 e. The molecule has 3 heteroatoms. The Morgan fingerprint density at radius 2 is 1.72 bits per heavy atom. The van der Waals surface area contributed by atoms with E-state index in [1.807, 2.05) is 6.07 Å². The largest absolute Gasteiger partial charge is 0.271 e. The molecule has 0 saturated carbocycles. The van der Waals surface area contributed by atoms with E-state index in [0.29, 0.717) is 0 Å². The standard InChI is InChI=1S/C15H18N2S/c1-11-7-9-12(10-8-11)15(17-16)13-5-3-4-6-14(13)18-2/h3-10,15,17H,16H2,1-2H3. The third-order valence-corrected chi connectivity index (χ3v) is 3.84. The number of rotatable bonds is 4. The highest BCUT2D eigenvalue weighted by Crippen LogP contribution is 2.29. The Morgan fingerprint density at radius 3 is 2.33 bits per heavy atom. The molecule has 0 aromatic heterocycles. The maximum Gasteiger partial charge on any atom is 0.0720 e. The lowest BCUT2D eigenvalue weighted by atomic mass is 9.98. The van der Waals surface area contributed by atoms with Gasteiger partial charge in [-0.3, -0.25) is 5.84 Å². The Hall–Kier alpha value is -1.29. The number of thioether (sulfide) groups is 1. The van der Waals surface area contributed by atoms with E-state index in [4.69, 9.17) is 5.84 Å². The lowest BCUT2D eigenvalue weighted by Gasteiger charge is -2.19. The molecule has 0 bridgehead atoms.